The lowest BCUT2D eigenvalue weighted by molar-refractivity contribution is -0.134. The molecule has 2 aliphatic rings. The number of benzene rings is 1. The van der Waals surface area contributed by atoms with E-state index >= 15 is 0 Å². The SMILES string of the molecule is CSc1ccc(N2CC(C(=O)N3CCC(c4ncn[nH]4)C3)CC2=O)cc1. The second-order valence-electron chi connectivity index (χ2n) is 6.74. The van der Waals surface area contributed by atoms with Crippen molar-refractivity contribution in [3.8, 4) is 0 Å². The predicted molar refractivity (Wildman–Crippen MR) is 99.0 cm³/mol. The van der Waals surface area contributed by atoms with Gasteiger partial charge in [-0.05, 0) is 36.9 Å². The maximum Gasteiger partial charge on any atom is 0.228 e. The van der Waals surface area contributed by atoms with Gasteiger partial charge in [-0.3, -0.25) is 14.7 Å². The summed E-state index contributed by atoms with van der Waals surface area (Å²) in [6.07, 6.45) is 4.68. The van der Waals surface area contributed by atoms with Gasteiger partial charge in [-0.2, -0.15) is 5.10 Å². The number of anilines is 1. The molecule has 1 aromatic carbocycles. The van der Waals surface area contributed by atoms with Gasteiger partial charge >= 0.3 is 0 Å². The molecular weight excluding hydrogens is 350 g/mol. The fraction of sp³-hybridized carbons (Fsp3) is 0.444. The number of hydrogen-bond donors (Lipinski definition) is 1. The molecule has 3 heterocycles. The largest absolute Gasteiger partial charge is 0.342 e. The summed E-state index contributed by atoms with van der Waals surface area (Å²) in [5.41, 5.74) is 0.865. The van der Waals surface area contributed by atoms with Gasteiger partial charge in [0, 0.05) is 42.6 Å². The molecule has 0 spiro atoms. The van der Waals surface area contributed by atoms with Gasteiger partial charge in [0.15, 0.2) is 0 Å². The van der Waals surface area contributed by atoms with Gasteiger partial charge in [0.2, 0.25) is 11.8 Å². The molecule has 2 atom stereocenters. The highest BCUT2D eigenvalue weighted by Crippen LogP contribution is 2.31. The lowest BCUT2D eigenvalue weighted by Crippen LogP contribution is -2.36. The first-order chi connectivity index (χ1) is 12.7. The standard InChI is InChI=1S/C18H21N5O2S/c1-26-15-4-2-14(3-5-15)23-10-13(8-16(23)24)18(25)22-7-6-12(9-22)17-19-11-20-21-17/h2-5,11-13H,6-10H2,1H3,(H,19,20,21). The zero-order valence-electron chi connectivity index (χ0n) is 14.6. The zero-order chi connectivity index (χ0) is 18.1. The number of nitrogens with zero attached hydrogens (tertiary/aromatic N) is 4. The molecule has 2 saturated heterocycles. The summed E-state index contributed by atoms with van der Waals surface area (Å²) in [5, 5.41) is 6.78. The van der Waals surface area contributed by atoms with Crippen molar-refractivity contribution in [1.29, 1.82) is 0 Å². The Labute approximate surface area is 156 Å². The summed E-state index contributed by atoms with van der Waals surface area (Å²) in [4.78, 5) is 34.3. The van der Waals surface area contributed by atoms with Crippen molar-refractivity contribution in [3.05, 3.63) is 36.4 Å². The zero-order valence-corrected chi connectivity index (χ0v) is 15.4. The molecule has 0 aliphatic carbocycles. The van der Waals surface area contributed by atoms with Crippen LogP contribution in [-0.4, -0.2) is 57.8 Å². The van der Waals surface area contributed by atoms with Crippen LogP contribution >= 0.6 is 11.8 Å². The minimum Gasteiger partial charge on any atom is -0.342 e. The van der Waals surface area contributed by atoms with Crippen molar-refractivity contribution >= 4 is 29.3 Å². The summed E-state index contributed by atoms with van der Waals surface area (Å²) >= 11 is 1.67. The molecule has 2 aromatic rings. The fourth-order valence-electron chi connectivity index (χ4n) is 3.74. The lowest BCUT2D eigenvalue weighted by Gasteiger charge is -2.21. The monoisotopic (exact) mass is 371 g/mol. The average Bonchev–Trinajstić information content (AvgIpc) is 3.41. The van der Waals surface area contributed by atoms with E-state index in [0.717, 1.165) is 22.8 Å². The molecule has 2 fully saturated rings. The summed E-state index contributed by atoms with van der Waals surface area (Å²) in [6.45, 7) is 1.80. The molecule has 0 saturated carbocycles. The maximum absolute atomic E-state index is 12.9. The number of aromatic amines is 1. The van der Waals surface area contributed by atoms with E-state index in [-0.39, 0.29) is 30.1 Å². The third kappa shape index (κ3) is 3.21. The van der Waals surface area contributed by atoms with Crippen LogP contribution in [0.4, 0.5) is 5.69 Å². The van der Waals surface area contributed by atoms with Gasteiger partial charge in [0.1, 0.15) is 12.2 Å². The molecular formula is C18H21N5O2S. The van der Waals surface area contributed by atoms with Crippen LogP contribution in [0.1, 0.15) is 24.6 Å². The Hall–Kier alpha value is -2.35. The van der Waals surface area contributed by atoms with Crippen molar-refractivity contribution in [3.63, 3.8) is 0 Å². The van der Waals surface area contributed by atoms with Gasteiger partial charge in [0.05, 0.1) is 5.92 Å². The molecule has 0 radical (unpaired) electrons. The highest BCUT2D eigenvalue weighted by molar-refractivity contribution is 7.98. The van der Waals surface area contributed by atoms with Crippen LogP contribution in [0.3, 0.4) is 0 Å². The molecule has 0 bridgehead atoms. The van der Waals surface area contributed by atoms with E-state index in [4.69, 9.17) is 0 Å². The molecule has 2 aliphatic heterocycles. The molecule has 136 valence electrons. The van der Waals surface area contributed by atoms with Crippen molar-refractivity contribution in [2.45, 2.75) is 23.7 Å². The predicted octanol–water partition coefficient (Wildman–Crippen LogP) is 1.90. The van der Waals surface area contributed by atoms with Crippen LogP contribution in [0, 0.1) is 5.92 Å². The Bertz CT molecular complexity index is 792. The number of aromatic nitrogens is 3. The highest BCUT2D eigenvalue weighted by Gasteiger charge is 2.39. The number of nitrogens with one attached hydrogen (secondary N) is 1. The maximum atomic E-state index is 12.9. The number of H-pyrrole nitrogens is 1. The minimum atomic E-state index is -0.267. The Morgan fingerprint density at radius 2 is 2.08 bits per heavy atom. The molecule has 1 N–H and O–H groups in total. The number of hydrogen-bond acceptors (Lipinski definition) is 5. The molecule has 4 rings (SSSR count). The Kier molecular flexibility index (Phi) is 4.67. The highest BCUT2D eigenvalue weighted by atomic mass is 32.2. The molecule has 2 amide bonds. The smallest absolute Gasteiger partial charge is 0.228 e. The van der Waals surface area contributed by atoms with Gasteiger partial charge < -0.3 is 9.80 Å². The number of carbonyl (C=O) groups is 2. The van der Waals surface area contributed by atoms with Crippen molar-refractivity contribution < 1.29 is 9.59 Å². The third-order valence-corrected chi connectivity index (χ3v) is 5.92. The molecule has 1 aromatic heterocycles. The summed E-state index contributed by atoms with van der Waals surface area (Å²) in [7, 11) is 0. The number of rotatable bonds is 4. The van der Waals surface area contributed by atoms with E-state index in [1.165, 1.54) is 6.33 Å². The van der Waals surface area contributed by atoms with E-state index in [1.807, 2.05) is 35.4 Å². The van der Waals surface area contributed by atoms with Crippen LogP contribution in [0.5, 0.6) is 0 Å². The normalized spacial score (nSPS) is 23.0. The van der Waals surface area contributed by atoms with Crippen LogP contribution in [0.25, 0.3) is 0 Å². The van der Waals surface area contributed by atoms with Gasteiger partial charge in [0.25, 0.3) is 0 Å². The number of likely N-dealkylation sites (tertiary alicyclic amines) is 1. The van der Waals surface area contributed by atoms with Crippen molar-refractivity contribution in [2.75, 3.05) is 30.8 Å². The van der Waals surface area contributed by atoms with Gasteiger partial charge in [-0.15, -0.1) is 11.8 Å². The molecule has 7 nitrogen and oxygen atoms in total. The third-order valence-electron chi connectivity index (χ3n) is 5.18. The van der Waals surface area contributed by atoms with E-state index in [2.05, 4.69) is 15.2 Å². The number of amides is 2. The van der Waals surface area contributed by atoms with Crippen molar-refractivity contribution in [1.82, 2.24) is 20.1 Å². The number of thioether (sulfide) groups is 1. The summed E-state index contributed by atoms with van der Waals surface area (Å²) < 4.78 is 0. The molecule has 26 heavy (non-hydrogen) atoms. The fourth-order valence-corrected chi connectivity index (χ4v) is 4.15. The van der Waals surface area contributed by atoms with Crippen LogP contribution in [0.15, 0.2) is 35.5 Å². The van der Waals surface area contributed by atoms with Crippen LogP contribution < -0.4 is 4.90 Å². The topological polar surface area (TPSA) is 82.2 Å². The first-order valence-corrected chi connectivity index (χ1v) is 9.96. The van der Waals surface area contributed by atoms with Gasteiger partial charge in [-0.25, -0.2) is 4.98 Å². The average molecular weight is 371 g/mol. The lowest BCUT2D eigenvalue weighted by atomic mass is 10.1. The van der Waals surface area contributed by atoms with E-state index in [1.54, 1.807) is 16.7 Å². The Morgan fingerprint density at radius 1 is 1.27 bits per heavy atom. The summed E-state index contributed by atoms with van der Waals surface area (Å²) in [6, 6.07) is 7.91. The first kappa shape index (κ1) is 17.1. The Balaban J connectivity index is 1.41. The Morgan fingerprint density at radius 3 is 2.77 bits per heavy atom. The van der Waals surface area contributed by atoms with E-state index in [0.29, 0.717) is 19.6 Å². The second-order valence-corrected chi connectivity index (χ2v) is 7.62. The minimum absolute atomic E-state index is 0.0197. The van der Waals surface area contributed by atoms with Crippen LogP contribution in [-0.2, 0) is 9.59 Å². The van der Waals surface area contributed by atoms with Crippen molar-refractivity contribution in [2.24, 2.45) is 5.92 Å². The first-order valence-electron chi connectivity index (χ1n) is 8.74. The second kappa shape index (κ2) is 7.11. The quantitative estimate of drug-likeness (QED) is 0.830. The van der Waals surface area contributed by atoms with E-state index < -0.39 is 0 Å². The summed E-state index contributed by atoms with van der Waals surface area (Å²) in [5.74, 6) is 0.859. The molecule has 2 unspecified atom stereocenters. The molecule has 8 heteroatoms. The number of carbonyl (C=O) groups excluding carboxylic acids is 2. The van der Waals surface area contributed by atoms with E-state index in [9.17, 15) is 9.59 Å². The van der Waals surface area contributed by atoms with Crippen LogP contribution in [0.2, 0.25) is 0 Å². The van der Waals surface area contributed by atoms with Gasteiger partial charge in [-0.1, -0.05) is 0 Å².